The van der Waals surface area contributed by atoms with E-state index in [0.29, 0.717) is 50.6 Å². The van der Waals surface area contributed by atoms with Gasteiger partial charge >= 0.3 is 0 Å². The number of H-pyrrole nitrogens is 1. The lowest BCUT2D eigenvalue weighted by Crippen LogP contribution is -2.20. The average Bonchev–Trinajstić information content (AvgIpc) is 2.80. The Balaban J connectivity index is 1.59. The molecule has 7 nitrogen and oxygen atoms in total. The van der Waals surface area contributed by atoms with Gasteiger partial charge in [0.05, 0.1) is 22.0 Å². The van der Waals surface area contributed by atoms with E-state index in [0.717, 1.165) is 5.56 Å². The molecule has 0 aliphatic rings. The normalized spacial score (nSPS) is 10.8. The van der Waals surface area contributed by atoms with Gasteiger partial charge in [-0.3, -0.25) is 9.59 Å². The van der Waals surface area contributed by atoms with Crippen LogP contribution in [0.25, 0.3) is 22.3 Å². The Kier molecular flexibility index (Phi) is 6.74. The van der Waals surface area contributed by atoms with E-state index in [-0.39, 0.29) is 18.1 Å². The van der Waals surface area contributed by atoms with Crippen molar-refractivity contribution in [1.29, 1.82) is 0 Å². The molecule has 0 saturated carbocycles. The summed E-state index contributed by atoms with van der Waals surface area (Å²) in [6.45, 7) is 4.03. The van der Waals surface area contributed by atoms with Crippen LogP contribution in [0.15, 0.2) is 69.9 Å². The molecule has 4 rings (SSSR count). The minimum absolute atomic E-state index is 0.197. The molecule has 168 valence electrons. The second-order valence-electron chi connectivity index (χ2n) is 7.35. The highest BCUT2D eigenvalue weighted by molar-refractivity contribution is 9.10. The number of rotatable bonds is 7. The number of ether oxygens (including phenoxy) is 2. The zero-order valence-corrected chi connectivity index (χ0v) is 19.7. The van der Waals surface area contributed by atoms with E-state index in [1.54, 1.807) is 30.3 Å². The summed E-state index contributed by atoms with van der Waals surface area (Å²) in [6.07, 6.45) is 0. The predicted molar refractivity (Wildman–Crippen MR) is 132 cm³/mol. The lowest BCUT2D eigenvalue weighted by molar-refractivity contribution is -0.118. The number of para-hydroxylation sites is 1. The summed E-state index contributed by atoms with van der Waals surface area (Å²) in [5.41, 5.74) is 2.82. The summed E-state index contributed by atoms with van der Waals surface area (Å²) >= 11 is 3.50. The van der Waals surface area contributed by atoms with Crippen LogP contribution in [0.5, 0.6) is 11.5 Å². The predicted octanol–water partition coefficient (Wildman–Crippen LogP) is 5.08. The second kappa shape index (κ2) is 9.87. The van der Waals surface area contributed by atoms with E-state index >= 15 is 0 Å². The smallest absolute Gasteiger partial charge is 0.262 e. The van der Waals surface area contributed by atoms with Crippen molar-refractivity contribution in [3.8, 4) is 22.9 Å². The third-order valence-corrected chi connectivity index (χ3v) is 5.47. The lowest BCUT2D eigenvalue weighted by Gasteiger charge is -2.15. The number of aromatic amines is 1. The molecule has 4 aromatic rings. The molecule has 0 spiro atoms. The molecule has 0 unspecified atom stereocenters. The number of aryl methyl sites for hydroxylation is 1. The molecule has 0 fully saturated rings. The Bertz CT molecular complexity index is 1370. The maximum atomic E-state index is 12.5. The minimum Gasteiger partial charge on any atom is -0.490 e. The second-order valence-corrected chi connectivity index (χ2v) is 8.21. The average molecular weight is 508 g/mol. The number of carbonyl (C=O) groups excluding carboxylic acids is 1. The van der Waals surface area contributed by atoms with Crippen molar-refractivity contribution in [3.63, 3.8) is 0 Å². The van der Waals surface area contributed by atoms with Gasteiger partial charge in [-0.2, -0.15) is 0 Å². The van der Waals surface area contributed by atoms with Gasteiger partial charge in [-0.1, -0.05) is 29.8 Å². The van der Waals surface area contributed by atoms with Gasteiger partial charge in [0, 0.05) is 11.3 Å². The number of anilines is 1. The van der Waals surface area contributed by atoms with Crippen LogP contribution < -0.4 is 20.3 Å². The third kappa shape index (κ3) is 5.23. The number of fused-ring (bicyclic) bond motifs is 1. The van der Waals surface area contributed by atoms with Crippen molar-refractivity contribution >= 4 is 38.4 Å². The van der Waals surface area contributed by atoms with Crippen molar-refractivity contribution in [2.75, 3.05) is 18.5 Å². The summed E-state index contributed by atoms with van der Waals surface area (Å²) in [5.74, 6) is 0.936. The molecule has 1 heterocycles. The molecule has 0 radical (unpaired) electrons. The van der Waals surface area contributed by atoms with E-state index in [2.05, 4.69) is 31.2 Å². The molecule has 0 aliphatic carbocycles. The number of halogens is 1. The van der Waals surface area contributed by atoms with E-state index in [1.807, 2.05) is 44.2 Å². The fourth-order valence-corrected chi connectivity index (χ4v) is 3.86. The number of nitrogens with one attached hydrogen (secondary N) is 2. The first kappa shape index (κ1) is 22.5. The third-order valence-electron chi connectivity index (χ3n) is 4.88. The molecule has 2 N–H and O–H groups in total. The van der Waals surface area contributed by atoms with E-state index in [9.17, 15) is 9.59 Å². The van der Waals surface area contributed by atoms with Gasteiger partial charge in [0.1, 0.15) is 5.82 Å². The maximum absolute atomic E-state index is 12.5. The topological polar surface area (TPSA) is 93.3 Å². The summed E-state index contributed by atoms with van der Waals surface area (Å²) in [5, 5.41) is 3.32. The van der Waals surface area contributed by atoms with Gasteiger partial charge in [0.2, 0.25) is 0 Å². The quantitative estimate of drug-likeness (QED) is 0.363. The molecule has 0 bridgehead atoms. The van der Waals surface area contributed by atoms with Crippen LogP contribution in [-0.2, 0) is 4.79 Å². The molecular formula is C25H22BrN3O4. The number of aromatic nitrogens is 2. The highest BCUT2D eigenvalue weighted by atomic mass is 79.9. The molecular weight excluding hydrogens is 486 g/mol. The van der Waals surface area contributed by atoms with Crippen LogP contribution in [0.3, 0.4) is 0 Å². The van der Waals surface area contributed by atoms with Crippen LogP contribution in [-0.4, -0.2) is 29.1 Å². The van der Waals surface area contributed by atoms with Gasteiger partial charge in [-0.15, -0.1) is 0 Å². The summed E-state index contributed by atoms with van der Waals surface area (Å²) in [4.78, 5) is 32.2. The summed E-state index contributed by atoms with van der Waals surface area (Å²) in [6, 6.07) is 18.2. The maximum Gasteiger partial charge on any atom is 0.262 e. The first-order valence-corrected chi connectivity index (χ1v) is 11.2. The van der Waals surface area contributed by atoms with Gasteiger partial charge in [0.15, 0.2) is 18.1 Å². The number of amides is 1. The van der Waals surface area contributed by atoms with Crippen molar-refractivity contribution < 1.29 is 14.3 Å². The first-order chi connectivity index (χ1) is 15.9. The Hall–Kier alpha value is -3.65. The Morgan fingerprint density at radius 2 is 1.85 bits per heavy atom. The zero-order valence-electron chi connectivity index (χ0n) is 18.1. The van der Waals surface area contributed by atoms with Crippen LogP contribution in [0.4, 0.5) is 5.69 Å². The van der Waals surface area contributed by atoms with Crippen LogP contribution in [0, 0.1) is 6.92 Å². The van der Waals surface area contributed by atoms with Crippen LogP contribution in [0.1, 0.15) is 12.5 Å². The number of hydrogen-bond donors (Lipinski definition) is 2. The Labute approximate surface area is 198 Å². The van der Waals surface area contributed by atoms with E-state index in [4.69, 9.17) is 9.47 Å². The number of nitrogens with zero attached hydrogens (tertiary/aromatic N) is 1. The monoisotopic (exact) mass is 507 g/mol. The Morgan fingerprint density at radius 1 is 1.09 bits per heavy atom. The van der Waals surface area contributed by atoms with Crippen LogP contribution >= 0.6 is 15.9 Å². The van der Waals surface area contributed by atoms with Gasteiger partial charge in [-0.25, -0.2) is 4.98 Å². The van der Waals surface area contributed by atoms with Gasteiger partial charge in [-0.05, 0) is 66.2 Å². The molecule has 3 aromatic carbocycles. The molecule has 0 saturated heterocycles. The van der Waals surface area contributed by atoms with Crippen molar-refractivity contribution in [1.82, 2.24) is 9.97 Å². The summed E-state index contributed by atoms with van der Waals surface area (Å²) in [7, 11) is 0. The minimum atomic E-state index is -0.294. The Morgan fingerprint density at radius 3 is 2.61 bits per heavy atom. The fourth-order valence-electron chi connectivity index (χ4n) is 3.30. The van der Waals surface area contributed by atoms with E-state index < -0.39 is 0 Å². The molecule has 1 aromatic heterocycles. The molecule has 0 aliphatic heterocycles. The molecule has 1 amide bonds. The zero-order chi connectivity index (χ0) is 23.4. The number of carbonyl (C=O) groups is 1. The highest BCUT2D eigenvalue weighted by Gasteiger charge is 2.16. The fraction of sp³-hybridized carbons (Fsp3) is 0.160. The first-order valence-electron chi connectivity index (χ1n) is 10.4. The number of benzene rings is 3. The SMILES string of the molecule is CCOc1cc(-c2nc3ccccc3c(=O)[nH]2)cc(Br)c1OCC(=O)Nc1ccc(C)cc1. The standard InChI is InChI=1S/C25H22BrN3O4/c1-3-32-21-13-16(24-28-20-7-5-4-6-18(20)25(31)29-24)12-19(26)23(21)33-14-22(30)27-17-10-8-15(2)9-11-17/h4-13H,3,14H2,1-2H3,(H,27,30)(H,28,29,31). The van der Waals surface area contributed by atoms with Gasteiger partial charge < -0.3 is 19.8 Å². The number of hydrogen-bond acceptors (Lipinski definition) is 5. The summed E-state index contributed by atoms with van der Waals surface area (Å²) < 4.78 is 12.1. The van der Waals surface area contributed by atoms with Crippen molar-refractivity contribution in [2.24, 2.45) is 0 Å². The van der Waals surface area contributed by atoms with Crippen LogP contribution in [0.2, 0.25) is 0 Å². The van der Waals surface area contributed by atoms with Crippen molar-refractivity contribution in [3.05, 3.63) is 81.1 Å². The molecule has 0 atom stereocenters. The van der Waals surface area contributed by atoms with Gasteiger partial charge in [0.25, 0.3) is 11.5 Å². The van der Waals surface area contributed by atoms with Crippen molar-refractivity contribution in [2.45, 2.75) is 13.8 Å². The molecule has 8 heteroatoms. The van der Waals surface area contributed by atoms with E-state index in [1.165, 1.54) is 0 Å². The highest BCUT2D eigenvalue weighted by Crippen LogP contribution is 2.39. The largest absolute Gasteiger partial charge is 0.490 e. The molecule has 33 heavy (non-hydrogen) atoms. The lowest BCUT2D eigenvalue weighted by atomic mass is 10.1.